The number of imide groups is 1. The summed E-state index contributed by atoms with van der Waals surface area (Å²) >= 11 is 0. The van der Waals surface area contributed by atoms with Gasteiger partial charge in [0.25, 0.3) is 11.5 Å². The Balaban J connectivity index is 1.28. The van der Waals surface area contributed by atoms with E-state index in [1.165, 1.54) is 4.90 Å². The molecule has 0 saturated carbocycles. The van der Waals surface area contributed by atoms with Crippen LogP contribution in [0.25, 0.3) is 0 Å². The molecular weight excluding hydrogens is 444 g/mol. The Morgan fingerprint density at radius 1 is 1.21 bits per heavy atom. The van der Waals surface area contributed by atoms with Gasteiger partial charge in [-0.05, 0) is 33.3 Å². The molecule has 11 heteroatoms. The van der Waals surface area contributed by atoms with Crippen molar-refractivity contribution in [3.8, 4) is 0 Å². The number of carbonyl (C=O) groups is 4. The number of rotatable bonds is 2. The Kier molecular flexibility index (Phi) is 5.08. The number of nitrogens with one attached hydrogen (secondary N) is 1. The van der Waals surface area contributed by atoms with Gasteiger partial charge in [0.2, 0.25) is 11.8 Å². The summed E-state index contributed by atoms with van der Waals surface area (Å²) in [6.07, 6.45) is 2.18. The topological polar surface area (TPSA) is 127 Å². The van der Waals surface area contributed by atoms with E-state index in [4.69, 9.17) is 9.47 Å². The predicted octanol–water partition coefficient (Wildman–Crippen LogP) is 0.560. The van der Waals surface area contributed by atoms with Crippen molar-refractivity contribution in [3.63, 3.8) is 0 Å². The summed E-state index contributed by atoms with van der Waals surface area (Å²) in [5.74, 6) is -1.24. The van der Waals surface area contributed by atoms with E-state index in [0.717, 1.165) is 0 Å². The molecule has 3 saturated heterocycles. The predicted molar refractivity (Wildman–Crippen MR) is 117 cm³/mol. The second-order valence-corrected chi connectivity index (χ2v) is 10.5. The maximum absolute atomic E-state index is 13.3. The van der Waals surface area contributed by atoms with Gasteiger partial charge in [-0.1, -0.05) is 0 Å². The fourth-order valence-electron chi connectivity index (χ4n) is 5.19. The number of aromatic nitrogens is 1. The van der Waals surface area contributed by atoms with Crippen molar-refractivity contribution in [1.82, 2.24) is 19.7 Å². The van der Waals surface area contributed by atoms with E-state index >= 15 is 0 Å². The molecule has 1 N–H and O–H groups in total. The smallest absolute Gasteiger partial charge is 0.410 e. The van der Waals surface area contributed by atoms with Gasteiger partial charge < -0.3 is 23.8 Å². The molecule has 4 amide bonds. The van der Waals surface area contributed by atoms with Crippen LogP contribution < -0.4 is 10.9 Å². The first-order chi connectivity index (χ1) is 16.0. The average molecular weight is 472 g/mol. The van der Waals surface area contributed by atoms with E-state index in [1.54, 1.807) is 21.7 Å². The first-order valence-corrected chi connectivity index (χ1v) is 11.5. The Morgan fingerprint density at radius 2 is 1.94 bits per heavy atom. The normalized spacial score (nSPS) is 25.9. The zero-order valence-electron chi connectivity index (χ0n) is 19.5. The molecule has 1 aromatic rings. The number of fused-ring (bicyclic) bond motifs is 1. The summed E-state index contributed by atoms with van der Waals surface area (Å²) in [5, 5.41) is 2.26. The Labute approximate surface area is 196 Å². The minimum Gasteiger partial charge on any atom is -0.444 e. The Hall–Kier alpha value is -3.21. The van der Waals surface area contributed by atoms with Gasteiger partial charge >= 0.3 is 6.09 Å². The number of hydrogen-bond donors (Lipinski definition) is 1. The van der Waals surface area contributed by atoms with Crippen molar-refractivity contribution in [2.75, 3.05) is 19.7 Å². The molecule has 0 aliphatic carbocycles. The first-order valence-electron chi connectivity index (χ1n) is 11.5. The second kappa shape index (κ2) is 7.66. The molecule has 34 heavy (non-hydrogen) atoms. The fourth-order valence-corrected chi connectivity index (χ4v) is 5.19. The Bertz CT molecular complexity index is 1140. The van der Waals surface area contributed by atoms with Gasteiger partial charge in [-0.2, -0.15) is 0 Å². The molecule has 5 rings (SSSR count). The summed E-state index contributed by atoms with van der Waals surface area (Å²) in [5.41, 5.74) is -0.722. The summed E-state index contributed by atoms with van der Waals surface area (Å²) in [6.45, 7) is 6.61. The van der Waals surface area contributed by atoms with Crippen LogP contribution in [0.2, 0.25) is 0 Å². The van der Waals surface area contributed by atoms with Crippen molar-refractivity contribution < 1.29 is 28.7 Å². The van der Waals surface area contributed by atoms with Crippen LogP contribution in [-0.4, -0.2) is 75.1 Å². The molecule has 3 fully saturated rings. The molecule has 0 bridgehead atoms. The third-order valence-corrected chi connectivity index (χ3v) is 6.82. The van der Waals surface area contributed by atoms with Crippen molar-refractivity contribution in [1.29, 1.82) is 0 Å². The molecule has 5 heterocycles. The lowest BCUT2D eigenvalue weighted by atomic mass is 9.89. The molecule has 11 nitrogen and oxygen atoms in total. The summed E-state index contributed by atoms with van der Waals surface area (Å²) < 4.78 is 13.0. The monoisotopic (exact) mass is 472 g/mol. The maximum Gasteiger partial charge on any atom is 0.410 e. The number of carbonyl (C=O) groups excluding carboxylic acids is 4. The largest absolute Gasteiger partial charge is 0.444 e. The molecular formula is C23H28N4O7. The van der Waals surface area contributed by atoms with Crippen LogP contribution in [0.5, 0.6) is 0 Å². The van der Waals surface area contributed by atoms with Crippen LogP contribution in [0.4, 0.5) is 4.79 Å². The maximum atomic E-state index is 13.3. The van der Waals surface area contributed by atoms with Gasteiger partial charge in [0.05, 0.1) is 37.8 Å². The van der Waals surface area contributed by atoms with Gasteiger partial charge in [-0.3, -0.25) is 24.5 Å². The zero-order chi connectivity index (χ0) is 24.4. The highest BCUT2D eigenvalue weighted by atomic mass is 16.6. The van der Waals surface area contributed by atoms with E-state index in [9.17, 15) is 24.0 Å². The first kappa shape index (κ1) is 22.6. The van der Waals surface area contributed by atoms with Crippen LogP contribution in [0.1, 0.15) is 62.0 Å². The quantitative estimate of drug-likeness (QED) is 0.623. The Morgan fingerprint density at radius 3 is 2.62 bits per heavy atom. The van der Waals surface area contributed by atoms with Crippen molar-refractivity contribution >= 4 is 23.8 Å². The van der Waals surface area contributed by atoms with Gasteiger partial charge in [0.15, 0.2) is 0 Å². The molecule has 0 aromatic carbocycles. The van der Waals surface area contributed by atoms with Crippen LogP contribution in [0.15, 0.2) is 17.1 Å². The molecule has 4 aliphatic heterocycles. The lowest BCUT2D eigenvalue weighted by Crippen LogP contribution is -2.63. The summed E-state index contributed by atoms with van der Waals surface area (Å²) in [6, 6.07) is 0.625. The zero-order valence-corrected chi connectivity index (χ0v) is 19.5. The lowest BCUT2D eigenvalue weighted by molar-refractivity contribution is -0.136. The van der Waals surface area contributed by atoms with Crippen molar-refractivity contribution in [3.05, 3.63) is 33.7 Å². The highest BCUT2D eigenvalue weighted by Crippen LogP contribution is 2.40. The number of pyridine rings is 1. The summed E-state index contributed by atoms with van der Waals surface area (Å²) in [7, 11) is 0. The average Bonchev–Trinajstić information content (AvgIpc) is 3.29. The van der Waals surface area contributed by atoms with Crippen LogP contribution in [-0.2, 0) is 25.6 Å². The highest BCUT2D eigenvalue weighted by molar-refractivity contribution is 6.05. The van der Waals surface area contributed by atoms with E-state index < -0.39 is 23.2 Å². The van der Waals surface area contributed by atoms with Gasteiger partial charge in [-0.15, -0.1) is 0 Å². The number of nitrogens with zero attached hydrogens (tertiary/aromatic N) is 3. The molecule has 1 spiro atoms. The summed E-state index contributed by atoms with van der Waals surface area (Å²) in [4.78, 5) is 65.1. The highest BCUT2D eigenvalue weighted by Gasteiger charge is 2.53. The number of amides is 4. The van der Waals surface area contributed by atoms with Crippen LogP contribution >= 0.6 is 0 Å². The van der Waals surface area contributed by atoms with Gasteiger partial charge in [0.1, 0.15) is 17.2 Å². The van der Waals surface area contributed by atoms with E-state index in [1.807, 2.05) is 20.8 Å². The van der Waals surface area contributed by atoms with E-state index in [-0.39, 0.29) is 48.9 Å². The number of hydrogen-bond acceptors (Lipinski definition) is 7. The van der Waals surface area contributed by atoms with Gasteiger partial charge in [-0.25, -0.2) is 4.79 Å². The molecule has 2 atom stereocenters. The van der Waals surface area contributed by atoms with Gasteiger partial charge in [0, 0.05) is 24.6 Å². The molecule has 0 radical (unpaired) electrons. The lowest BCUT2D eigenvalue weighted by Gasteiger charge is -2.46. The minimum atomic E-state index is -0.766. The van der Waals surface area contributed by atoms with Crippen molar-refractivity contribution in [2.24, 2.45) is 0 Å². The number of likely N-dealkylation sites (tertiary alicyclic amines) is 1. The van der Waals surface area contributed by atoms with Crippen molar-refractivity contribution in [2.45, 2.75) is 69.9 Å². The standard InChI is InChI=1S/C23H28N4O7/c1-22(2,3)34-21(32)25-11-23(12-25)8-13(10-33-23)26-7-6-14-15(20(26)31)9-27(19(14)30)16-4-5-17(28)24-18(16)29/h6-7,13,16H,4-5,8-12H2,1-3H3,(H,24,28,29)/t13-,16-/m1/s1. The third-order valence-electron chi connectivity index (χ3n) is 6.82. The molecule has 1 aromatic heterocycles. The second-order valence-electron chi connectivity index (χ2n) is 10.5. The fraction of sp³-hybridized carbons (Fsp3) is 0.609. The molecule has 0 unspecified atom stereocenters. The van der Waals surface area contributed by atoms with E-state index in [0.29, 0.717) is 37.2 Å². The van der Waals surface area contributed by atoms with Crippen LogP contribution in [0, 0.1) is 0 Å². The molecule has 182 valence electrons. The minimum absolute atomic E-state index is 0.0330. The third kappa shape index (κ3) is 3.77. The number of ether oxygens (including phenoxy) is 2. The SMILES string of the molecule is CC(C)(C)OC(=O)N1CC2(C[C@@H](n3ccc4c(c3=O)CN([C@@H]3CCC(=O)NC3=O)C4=O)CO2)C1. The van der Waals surface area contributed by atoms with Crippen LogP contribution in [0.3, 0.4) is 0 Å². The molecule has 4 aliphatic rings. The number of piperidine rings is 1. The van der Waals surface area contributed by atoms with E-state index in [2.05, 4.69) is 5.32 Å².